The normalized spacial score (nSPS) is 17.1. The van der Waals surface area contributed by atoms with Crippen molar-refractivity contribution in [2.24, 2.45) is 0 Å². The van der Waals surface area contributed by atoms with Crippen LogP contribution in [0.3, 0.4) is 0 Å². The average Bonchev–Trinajstić information content (AvgIpc) is 3.03. The Hall–Kier alpha value is -1.35. The minimum absolute atomic E-state index is 0.0353. The van der Waals surface area contributed by atoms with Crippen molar-refractivity contribution < 1.29 is 4.79 Å². The van der Waals surface area contributed by atoms with E-state index in [0.717, 1.165) is 5.69 Å². The number of rotatable bonds is 4. The highest BCUT2D eigenvalue weighted by molar-refractivity contribution is 5.94. The summed E-state index contributed by atoms with van der Waals surface area (Å²) in [4.78, 5) is 11.7. The predicted octanol–water partition coefficient (Wildman–Crippen LogP) is 1.77. The van der Waals surface area contributed by atoms with Gasteiger partial charge in [0.05, 0.1) is 6.04 Å². The topological polar surface area (TPSA) is 41.1 Å². The van der Waals surface area contributed by atoms with E-state index in [9.17, 15) is 4.79 Å². The van der Waals surface area contributed by atoms with Crippen molar-refractivity contribution in [1.82, 2.24) is 5.32 Å². The monoisotopic (exact) mass is 204 g/mol. The first-order valence-corrected chi connectivity index (χ1v) is 5.37. The lowest BCUT2D eigenvalue weighted by Gasteiger charge is -2.13. The van der Waals surface area contributed by atoms with Crippen LogP contribution < -0.4 is 10.6 Å². The minimum atomic E-state index is -0.113. The van der Waals surface area contributed by atoms with Crippen LogP contribution in [0.5, 0.6) is 0 Å². The Morgan fingerprint density at radius 2 is 2.00 bits per heavy atom. The third kappa shape index (κ3) is 3.06. The molecule has 1 aromatic carbocycles. The molecular formula is C12H16N2O. The Morgan fingerprint density at radius 1 is 1.33 bits per heavy atom. The van der Waals surface area contributed by atoms with Gasteiger partial charge in [0.1, 0.15) is 0 Å². The first-order chi connectivity index (χ1) is 7.25. The molecule has 3 heteroatoms. The van der Waals surface area contributed by atoms with Crippen molar-refractivity contribution in [3.8, 4) is 0 Å². The number of hydrogen-bond acceptors (Lipinski definition) is 2. The average molecular weight is 204 g/mol. The molecule has 1 amide bonds. The zero-order valence-electron chi connectivity index (χ0n) is 8.86. The summed E-state index contributed by atoms with van der Waals surface area (Å²) >= 11 is 0. The molecule has 0 heterocycles. The van der Waals surface area contributed by atoms with E-state index in [1.165, 1.54) is 12.8 Å². The minimum Gasteiger partial charge on any atom is -0.325 e. The molecule has 1 aliphatic carbocycles. The quantitative estimate of drug-likeness (QED) is 0.784. The molecule has 1 fully saturated rings. The van der Waals surface area contributed by atoms with Crippen LogP contribution in [0, 0.1) is 0 Å². The van der Waals surface area contributed by atoms with Gasteiger partial charge in [0.2, 0.25) is 5.91 Å². The van der Waals surface area contributed by atoms with Gasteiger partial charge >= 0.3 is 0 Å². The van der Waals surface area contributed by atoms with Gasteiger partial charge in [-0.15, -0.1) is 0 Å². The van der Waals surface area contributed by atoms with E-state index in [0.29, 0.717) is 6.04 Å². The summed E-state index contributed by atoms with van der Waals surface area (Å²) < 4.78 is 0. The SMILES string of the molecule is CC(NC1CC1)C(=O)Nc1ccccc1. The van der Waals surface area contributed by atoms with Crippen LogP contribution in [0.2, 0.25) is 0 Å². The Labute approximate surface area is 89.9 Å². The number of para-hydroxylation sites is 1. The summed E-state index contributed by atoms with van der Waals surface area (Å²) in [5, 5.41) is 6.14. The fraction of sp³-hybridized carbons (Fsp3) is 0.417. The molecule has 0 aromatic heterocycles. The molecule has 1 atom stereocenters. The second-order valence-electron chi connectivity index (χ2n) is 4.02. The van der Waals surface area contributed by atoms with Gasteiger partial charge in [-0.05, 0) is 31.9 Å². The van der Waals surface area contributed by atoms with Gasteiger partial charge in [0.25, 0.3) is 0 Å². The molecule has 0 saturated heterocycles. The van der Waals surface area contributed by atoms with Crippen molar-refractivity contribution in [1.29, 1.82) is 0 Å². The lowest BCUT2D eigenvalue weighted by Crippen LogP contribution is -2.39. The highest BCUT2D eigenvalue weighted by atomic mass is 16.2. The van der Waals surface area contributed by atoms with Crippen LogP contribution >= 0.6 is 0 Å². The molecule has 80 valence electrons. The molecule has 1 aliphatic rings. The molecule has 0 radical (unpaired) electrons. The van der Waals surface area contributed by atoms with Gasteiger partial charge in [-0.25, -0.2) is 0 Å². The van der Waals surface area contributed by atoms with Crippen molar-refractivity contribution in [2.45, 2.75) is 31.8 Å². The van der Waals surface area contributed by atoms with Crippen LogP contribution in [0.4, 0.5) is 5.69 Å². The third-order valence-corrected chi connectivity index (χ3v) is 2.50. The molecule has 2 rings (SSSR count). The second kappa shape index (κ2) is 4.45. The zero-order chi connectivity index (χ0) is 10.7. The van der Waals surface area contributed by atoms with E-state index >= 15 is 0 Å². The number of benzene rings is 1. The number of nitrogens with one attached hydrogen (secondary N) is 2. The summed E-state index contributed by atoms with van der Waals surface area (Å²) in [5.74, 6) is 0.0353. The molecule has 0 aliphatic heterocycles. The molecule has 15 heavy (non-hydrogen) atoms. The van der Waals surface area contributed by atoms with Crippen molar-refractivity contribution >= 4 is 11.6 Å². The maximum atomic E-state index is 11.7. The zero-order valence-corrected chi connectivity index (χ0v) is 8.86. The van der Waals surface area contributed by atoms with Gasteiger partial charge in [0, 0.05) is 11.7 Å². The summed E-state index contributed by atoms with van der Waals surface area (Å²) in [6, 6.07) is 9.98. The first kappa shape index (κ1) is 10.2. The van der Waals surface area contributed by atoms with Crippen molar-refractivity contribution in [3.63, 3.8) is 0 Å². The lowest BCUT2D eigenvalue weighted by molar-refractivity contribution is -0.117. The highest BCUT2D eigenvalue weighted by Gasteiger charge is 2.25. The van der Waals surface area contributed by atoms with Crippen molar-refractivity contribution in [3.05, 3.63) is 30.3 Å². The second-order valence-corrected chi connectivity index (χ2v) is 4.02. The van der Waals surface area contributed by atoms with Crippen LogP contribution in [0.25, 0.3) is 0 Å². The number of carbonyl (C=O) groups is 1. The Morgan fingerprint density at radius 3 is 2.60 bits per heavy atom. The molecule has 1 aromatic rings. The maximum absolute atomic E-state index is 11.7. The summed E-state index contributed by atoms with van der Waals surface area (Å²) in [6.45, 7) is 1.90. The molecule has 0 spiro atoms. The highest BCUT2D eigenvalue weighted by Crippen LogP contribution is 2.19. The van der Waals surface area contributed by atoms with Crippen LogP contribution in [0.15, 0.2) is 30.3 Å². The Balaban J connectivity index is 1.85. The fourth-order valence-corrected chi connectivity index (χ4v) is 1.45. The first-order valence-electron chi connectivity index (χ1n) is 5.37. The molecule has 0 bridgehead atoms. The van der Waals surface area contributed by atoms with Gasteiger partial charge in [-0.3, -0.25) is 4.79 Å². The molecular weight excluding hydrogens is 188 g/mol. The summed E-state index contributed by atoms with van der Waals surface area (Å²) in [6.07, 6.45) is 2.39. The maximum Gasteiger partial charge on any atom is 0.241 e. The van der Waals surface area contributed by atoms with Crippen LogP contribution in [-0.4, -0.2) is 18.0 Å². The fourth-order valence-electron chi connectivity index (χ4n) is 1.45. The third-order valence-electron chi connectivity index (χ3n) is 2.50. The van der Waals surface area contributed by atoms with E-state index < -0.39 is 0 Å². The Kier molecular flexibility index (Phi) is 3.02. The summed E-state index contributed by atoms with van der Waals surface area (Å²) in [5.41, 5.74) is 0.854. The van der Waals surface area contributed by atoms with Crippen LogP contribution in [-0.2, 0) is 4.79 Å². The van der Waals surface area contributed by atoms with E-state index in [4.69, 9.17) is 0 Å². The Bertz CT molecular complexity index is 333. The molecule has 1 unspecified atom stereocenters. The number of carbonyl (C=O) groups excluding carboxylic acids is 1. The number of amides is 1. The van der Waals surface area contributed by atoms with E-state index in [-0.39, 0.29) is 11.9 Å². The smallest absolute Gasteiger partial charge is 0.241 e. The number of anilines is 1. The number of hydrogen-bond donors (Lipinski definition) is 2. The van der Waals surface area contributed by atoms with E-state index in [2.05, 4.69) is 10.6 Å². The van der Waals surface area contributed by atoms with E-state index in [1.54, 1.807) is 0 Å². The van der Waals surface area contributed by atoms with E-state index in [1.807, 2.05) is 37.3 Å². The lowest BCUT2D eigenvalue weighted by atomic mass is 10.2. The summed E-state index contributed by atoms with van der Waals surface area (Å²) in [7, 11) is 0. The van der Waals surface area contributed by atoms with Gasteiger partial charge in [0.15, 0.2) is 0 Å². The van der Waals surface area contributed by atoms with Gasteiger partial charge < -0.3 is 10.6 Å². The van der Waals surface area contributed by atoms with Crippen LogP contribution in [0.1, 0.15) is 19.8 Å². The molecule has 2 N–H and O–H groups in total. The van der Waals surface area contributed by atoms with Gasteiger partial charge in [-0.1, -0.05) is 18.2 Å². The largest absolute Gasteiger partial charge is 0.325 e. The molecule has 3 nitrogen and oxygen atoms in total. The predicted molar refractivity (Wildman–Crippen MR) is 60.7 cm³/mol. The van der Waals surface area contributed by atoms with Crippen molar-refractivity contribution in [2.75, 3.05) is 5.32 Å². The molecule has 1 saturated carbocycles. The van der Waals surface area contributed by atoms with Gasteiger partial charge in [-0.2, -0.15) is 0 Å². The standard InChI is InChI=1S/C12H16N2O/c1-9(13-11-7-8-11)12(15)14-10-5-3-2-4-6-10/h2-6,9,11,13H,7-8H2,1H3,(H,14,15).